The summed E-state index contributed by atoms with van der Waals surface area (Å²) >= 11 is 0. The molecule has 3 rings (SSSR count). The van der Waals surface area contributed by atoms with Crippen LogP contribution < -0.4 is 19.1 Å². The molecule has 0 fully saturated rings. The van der Waals surface area contributed by atoms with Gasteiger partial charge in [-0.25, -0.2) is 12.8 Å². The molecule has 0 aromatic heterocycles. The molecule has 220 valence electrons. The first kappa shape index (κ1) is 31.4. The normalized spacial score (nSPS) is 11.8. The average Bonchev–Trinajstić information content (AvgIpc) is 2.99. The van der Waals surface area contributed by atoms with E-state index in [1.54, 1.807) is 37.3 Å². The van der Waals surface area contributed by atoms with Crippen LogP contribution in [-0.4, -0.2) is 58.5 Å². The minimum absolute atomic E-state index is 0.0177. The highest BCUT2D eigenvalue weighted by molar-refractivity contribution is 7.92. The number of ether oxygens (including phenoxy) is 2. The minimum atomic E-state index is -4.29. The highest BCUT2D eigenvalue weighted by Gasteiger charge is 2.34. The van der Waals surface area contributed by atoms with E-state index in [0.717, 1.165) is 4.31 Å². The molecule has 0 spiro atoms. The summed E-state index contributed by atoms with van der Waals surface area (Å²) in [6.07, 6.45) is 0.996. The zero-order valence-electron chi connectivity index (χ0n) is 23.7. The van der Waals surface area contributed by atoms with Crippen LogP contribution >= 0.6 is 0 Å². The summed E-state index contributed by atoms with van der Waals surface area (Å²) < 4.78 is 53.2. The van der Waals surface area contributed by atoms with Crippen LogP contribution in [0.1, 0.15) is 32.3 Å². The quantitative estimate of drug-likeness (QED) is 0.301. The Kier molecular flexibility index (Phi) is 11.1. The molecule has 1 unspecified atom stereocenters. The van der Waals surface area contributed by atoms with Gasteiger partial charge in [0.05, 0.1) is 24.8 Å². The van der Waals surface area contributed by atoms with Crippen molar-refractivity contribution in [2.24, 2.45) is 0 Å². The zero-order chi connectivity index (χ0) is 30.0. The third-order valence-corrected chi connectivity index (χ3v) is 8.24. The van der Waals surface area contributed by atoms with E-state index >= 15 is 0 Å². The van der Waals surface area contributed by atoms with Crippen LogP contribution in [-0.2, 0) is 26.2 Å². The van der Waals surface area contributed by atoms with Crippen LogP contribution in [0.2, 0.25) is 0 Å². The second kappa shape index (κ2) is 14.5. The Hall–Kier alpha value is -4.12. The molecule has 0 aliphatic heterocycles. The lowest BCUT2D eigenvalue weighted by molar-refractivity contribution is -0.140. The molecule has 3 aromatic carbocycles. The molecular formula is C30H36FN3O6S. The van der Waals surface area contributed by atoms with Crippen molar-refractivity contribution >= 4 is 27.5 Å². The van der Waals surface area contributed by atoms with E-state index in [1.165, 1.54) is 61.6 Å². The number of carbonyl (C=O) groups excluding carboxylic acids is 2. The van der Waals surface area contributed by atoms with Gasteiger partial charge in [-0.05, 0) is 54.8 Å². The van der Waals surface area contributed by atoms with Crippen molar-refractivity contribution in [3.05, 3.63) is 84.2 Å². The fraction of sp³-hybridized carbons (Fsp3) is 0.333. The fourth-order valence-electron chi connectivity index (χ4n) is 4.30. The summed E-state index contributed by atoms with van der Waals surface area (Å²) in [5, 5.41) is 2.83. The summed E-state index contributed by atoms with van der Waals surface area (Å²) in [6.45, 7) is 3.52. The van der Waals surface area contributed by atoms with Gasteiger partial charge in [0.1, 0.15) is 18.4 Å². The summed E-state index contributed by atoms with van der Waals surface area (Å²) in [5.41, 5.74) is 0.858. The number of benzene rings is 3. The number of rotatable bonds is 14. The number of hydrogen-bond acceptors (Lipinski definition) is 6. The summed E-state index contributed by atoms with van der Waals surface area (Å²) in [7, 11) is -1.45. The predicted molar refractivity (Wildman–Crippen MR) is 155 cm³/mol. The van der Waals surface area contributed by atoms with Gasteiger partial charge < -0.3 is 19.7 Å². The number of hydrogen-bond donors (Lipinski definition) is 1. The Balaban J connectivity index is 2.05. The van der Waals surface area contributed by atoms with Gasteiger partial charge in [0.25, 0.3) is 10.0 Å². The van der Waals surface area contributed by atoms with Crippen LogP contribution in [0.25, 0.3) is 0 Å². The maximum absolute atomic E-state index is 14.0. The van der Waals surface area contributed by atoms with Crippen LogP contribution in [0.3, 0.4) is 0 Å². The Morgan fingerprint density at radius 1 is 0.927 bits per heavy atom. The van der Waals surface area contributed by atoms with Gasteiger partial charge in [0, 0.05) is 19.2 Å². The molecule has 41 heavy (non-hydrogen) atoms. The smallest absolute Gasteiger partial charge is 0.264 e. The van der Waals surface area contributed by atoms with E-state index in [-0.39, 0.29) is 35.2 Å². The second-order valence-corrected chi connectivity index (χ2v) is 11.1. The van der Waals surface area contributed by atoms with Crippen LogP contribution in [0.15, 0.2) is 77.7 Å². The molecule has 1 atom stereocenters. The molecule has 11 heteroatoms. The second-order valence-electron chi connectivity index (χ2n) is 9.23. The summed E-state index contributed by atoms with van der Waals surface area (Å²) in [6, 6.07) is 17.1. The van der Waals surface area contributed by atoms with Gasteiger partial charge in [0.2, 0.25) is 11.8 Å². The molecule has 2 amide bonds. The molecular weight excluding hydrogens is 549 g/mol. The molecule has 9 nitrogen and oxygen atoms in total. The SMILES string of the molecule is CCCNC(=O)C(CC)N(Cc1ccc(F)cc1)C(=O)CN(c1ccccc1)S(=O)(=O)c1ccc(OC)c(OC)c1. The third-order valence-electron chi connectivity index (χ3n) is 6.47. The number of para-hydroxylation sites is 1. The van der Waals surface area contributed by atoms with Crippen molar-refractivity contribution in [1.82, 2.24) is 10.2 Å². The topological polar surface area (TPSA) is 105 Å². The van der Waals surface area contributed by atoms with E-state index in [2.05, 4.69) is 5.32 Å². The zero-order valence-corrected chi connectivity index (χ0v) is 24.5. The van der Waals surface area contributed by atoms with E-state index in [9.17, 15) is 22.4 Å². The van der Waals surface area contributed by atoms with Gasteiger partial charge in [0.15, 0.2) is 11.5 Å². The van der Waals surface area contributed by atoms with Gasteiger partial charge in [-0.2, -0.15) is 0 Å². The Morgan fingerprint density at radius 3 is 2.17 bits per heavy atom. The lowest BCUT2D eigenvalue weighted by atomic mass is 10.1. The highest BCUT2D eigenvalue weighted by atomic mass is 32.2. The molecule has 0 bridgehead atoms. The Labute approximate surface area is 240 Å². The minimum Gasteiger partial charge on any atom is -0.493 e. The largest absolute Gasteiger partial charge is 0.493 e. The van der Waals surface area contributed by atoms with Crippen molar-refractivity contribution in [1.29, 1.82) is 0 Å². The average molecular weight is 586 g/mol. The molecule has 0 aliphatic rings. The van der Waals surface area contributed by atoms with Gasteiger partial charge in [-0.15, -0.1) is 0 Å². The van der Waals surface area contributed by atoms with Crippen molar-refractivity contribution in [3.63, 3.8) is 0 Å². The third kappa shape index (κ3) is 7.75. The standard InChI is InChI=1S/C30H36FN3O6S/c1-5-18-32-30(36)26(6-2)33(20-22-12-14-23(31)15-13-22)29(35)21-34(24-10-8-7-9-11-24)41(37,38)25-16-17-27(39-3)28(19-25)40-4/h7-17,19,26H,5-6,18,20-21H2,1-4H3,(H,32,36). The van der Waals surface area contributed by atoms with Crippen molar-refractivity contribution in [3.8, 4) is 11.5 Å². The van der Waals surface area contributed by atoms with Crippen LogP contribution in [0.5, 0.6) is 11.5 Å². The molecule has 0 saturated carbocycles. The number of carbonyl (C=O) groups is 2. The molecule has 0 radical (unpaired) electrons. The Morgan fingerprint density at radius 2 is 1.59 bits per heavy atom. The number of methoxy groups -OCH3 is 2. The maximum Gasteiger partial charge on any atom is 0.264 e. The van der Waals surface area contributed by atoms with E-state index in [4.69, 9.17) is 9.47 Å². The first-order valence-corrected chi connectivity index (χ1v) is 14.7. The summed E-state index contributed by atoms with van der Waals surface area (Å²) in [4.78, 5) is 28.3. The number of sulfonamides is 1. The monoisotopic (exact) mass is 585 g/mol. The van der Waals surface area contributed by atoms with Crippen molar-refractivity contribution < 1.29 is 31.9 Å². The van der Waals surface area contributed by atoms with Crippen molar-refractivity contribution in [2.75, 3.05) is 31.6 Å². The fourth-order valence-corrected chi connectivity index (χ4v) is 5.73. The number of anilines is 1. The molecule has 0 aliphatic carbocycles. The number of halogens is 1. The molecule has 3 aromatic rings. The highest BCUT2D eigenvalue weighted by Crippen LogP contribution is 2.32. The summed E-state index contributed by atoms with van der Waals surface area (Å²) in [5.74, 6) is -0.817. The molecule has 0 heterocycles. The number of amides is 2. The van der Waals surface area contributed by atoms with E-state index in [0.29, 0.717) is 24.3 Å². The van der Waals surface area contributed by atoms with Crippen LogP contribution in [0.4, 0.5) is 10.1 Å². The Bertz CT molecular complexity index is 1420. The van der Waals surface area contributed by atoms with Gasteiger partial charge in [-0.1, -0.05) is 44.2 Å². The van der Waals surface area contributed by atoms with Crippen LogP contribution in [0, 0.1) is 5.82 Å². The first-order valence-electron chi connectivity index (χ1n) is 13.3. The lowest BCUT2D eigenvalue weighted by Gasteiger charge is -2.33. The number of nitrogens with one attached hydrogen (secondary N) is 1. The van der Waals surface area contributed by atoms with E-state index in [1.807, 2.05) is 6.92 Å². The first-order chi connectivity index (χ1) is 19.7. The number of nitrogens with zero attached hydrogens (tertiary/aromatic N) is 2. The molecule has 1 N–H and O–H groups in total. The van der Waals surface area contributed by atoms with Crippen molar-refractivity contribution in [2.45, 2.75) is 44.2 Å². The molecule has 0 saturated heterocycles. The van der Waals surface area contributed by atoms with Gasteiger partial charge >= 0.3 is 0 Å². The maximum atomic E-state index is 14.0. The van der Waals surface area contributed by atoms with E-state index < -0.39 is 34.3 Å². The lowest BCUT2D eigenvalue weighted by Crippen LogP contribution is -2.52. The van der Waals surface area contributed by atoms with Gasteiger partial charge in [-0.3, -0.25) is 13.9 Å². The predicted octanol–water partition coefficient (Wildman–Crippen LogP) is 4.37.